The number of halogens is 2. The monoisotopic (exact) mass is 325 g/mol. The third-order valence-electron chi connectivity index (χ3n) is 2.72. The van der Waals surface area contributed by atoms with Crippen LogP contribution >= 0.6 is 34.5 Å². The largest absolute Gasteiger partial charge is 0.397 e. The SMILES string of the molecule is Nc1ccsc1-c1nc(Cc2ccc(Cl)cc2Cl)no1. The molecule has 0 saturated heterocycles. The van der Waals surface area contributed by atoms with E-state index in [0.29, 0.717) is 33.9 Å². The molecule has 0 saturated carbocycles. The van der Waals surface area contributed by atoms with Gasteiger partial charge in [-0.15, -0.1) is 11.3 Å². The normalized spacial score (nSPS) is 10.9. The Balaban J connectivity index is 1.86. The molecule has 0 aliphatic rings. The predicted octanol–water partition coefficient (Wildman–Crippen LogP) is 4.28. The second-order valence-electron chi connectivity index (χ2n) is 4.13. The summed E-state index contributed by atoms with van der Waals surface area (Å²) in [6.45, 7) is 0. The minimum absolute atomic E-state index is 0.428. The lowest BCUT2D eigenvalue weighted by molar-refractivity contribution is 0.425. The summed E-state index contributed by atoms with van der Waals surface area (Å²) < 4.78 is 5.23. The Bertz CT molecular complexity index is 754. The standard InChI is InChI=1S/C13H9Cl2N3OS/c14-8-2-1-7(9(15)6-8)5-11-17-13(19-18-11)12-10(16)3-4-20-12/h1-4,6H,5,16H2. The number of anilines is 1. The van der Waals surface area contributed by atoms with Crippen molar-refractivity contribution in [2.45, 2.75) is 6.42 Å². The van der Waals surface area contributed by atoms with Crippen LogP contribution in [-0.4, -0.2) is 10.1 Å². The van der Waals surface area contributed by atoms with E-state index in [1.807, 2.05) is 11.4 Å². The summed E-state index contributed by atoms with van der Waals surface area (Å²) >= 11 is 13.4. The van der Waals surface area contributed by atoms with Gasteiger partial charge in [0, 0.05) is 16.5 Å². The van der Waals surface area contributed by atoms with Crippen molar-refractivity contribution in [3.8, 4) is 10.8 Å². The van der Waals surface area contributed by atoms with Crippen molar-refractivity contribution >= 4 is 40.2 Å². The first kappa shape index (κ1) is 13.4. The second-order valence-corrected chi connectivity index (χ2v) is 5.89. The minimum atomic E-state index is 0.428. The van der Waals surface area contributed by atoms with Gasteiger partial charge in [-0.3, -0.25) is 0 Å². The van der Waals surface area contributed by atoms with Crippen molar-refractivity contribution < 1.29 is 4.52 Å². The van der Waals surface area contributed by atoms with Crippen LogP contribution in [0.5, 0.6) is 0 Å². The molecule has 0 spiro atoms. The van der Waals surface area contributed by atoms with E-state index >= 15 is 0 Å². The molecule has 102 valence electrons. The van der Waals surface area contributed by atoms with Gasteiger partial charge in [0.05, 0.1) is 5.69 Å². The zero-order valence-electron chi connectivity index (χ0n) is 10.1. The average Bonchev–Trinajstić information content (AvgIpc) is 3.01. The minimum Gasteiger partial charge on any atom is -0.397 e. The van der Waals surface area contributed by atoms with Gasteiger partial charge in [-0.05, 0) is 29.1 Å². The van der Waals surface area contributed by atoms with Crippen molar-refractivity contribution in [3.63, 3.8) is 0 Å². The first-order valence-electron chi connectivity index (χ1n) is 5.73. The average molecular weight is 326 g/mol. The molecule has 0 fully saturated rings. The van der Waals surface area contributed by atoms with Crippen LogP contribution in [0.3, 0.4) is 0 Å². The molecule has 2 N–H and O–H groups in total. The van der Waals surface area contributed by atoms with Crippen molar-refractivity contribution in [2.75, 3.05) is 5.73 Å². The van der Waals surface area contributed by atoms with Gasteiger partial charge < -0.3 is 10.3 Å². The van der Waals surface area contributed by atoms with Gasteiger partial charge in [-0.2, -0.15) is 4.98 Å². The topological polar surface area (TPSA) is 64.9 Å². The molecule has 2 aromatic heterocycles. The summed E-state index contributed by atoms with van der Waals surface area (Å²) in [5.41, 5.74) is 7.35. The molecule has 3 aromatic rings. The van der Waals surface area contributed by atoms with Crippen LogP contribution in [-0.2, 0) is 6.42 Å². The number of rotatable bonds is 3. The van der Waals surface area contributed by atoms with Crippen molar-refractivity contribution in [1.82, 2.24) is 10.1 Å². The molecular formula is C13H9Cl2N3OS. The van der Waals surface area contributed by atoms with Crippen molar-refractivity contribution in [1.29, 1.82) is 0 Å². The van der Waals surface area contributed by atoms with Crippen molar-refractivity contribution in [3.05, 3.63) is 51.1 Å². The van der Waals surface area contributed by atoms with Crippen LogP contribution in [0.15, 0.2) is 34.2 Å². The number of nitrogen functional groups attached to an aromatic ring is 1. The highest BCUT2D eigenvalue weighted by Gasteiger charge is 2.14. The van der Waals surface area contributed by atoms with Gasteiger partial charge in [0.2, 0.25) is 0 Å². The Morgan fingerprint density at radius 2 is 2.10 bits per heavy atom. The highest BCUT2D eigenvalue weighted by atomic mass is 35.5. The lowest BCUT2D eigenvalue weighted by atomic mass is 10.1. The van der Waals surface area contributed by atoms with Crippen LogP contribution in [0.4, 0.5) is 5.69 Å². The Kier molecular flexibility index (Phi) is 3.65. The van der Waals surface area contributed by atoms with Gasteiger partial charge >= 0.3 is 0 Å². The molecule has 20 heavy (non-hydrogen) atoms. The Morgan fingerprint density at radius 3 is 2.80 bits per heavy atom. The molecular weight excluding hydrogens is 317 g/mol. The van der Waals surface area contributed by atoms with Crippen LogP contribution in [0, 0.1) is 0 Å². The Morgan fingerprint density at radius 1 is 1.25 bits per heavy atom. The van der Waals surface area contributed by atoms with E-state index in [4.69, 9.17) is 33.5 Å². The summed E-state index contributed by atoms with van der Waals surface area (Å²) in [5, 5.41) is 7.00. The lowest BCUT2D eigenvalue weighted by Gasteiger charge is -2.00. The number of thiophene rings is 1. The van der Waals surface area contributed by atoms with Crippen LogP contribution in [0.25, 0.3) is 10.8 Å². The summed E-state index contributed by atoms with van der Waals surface area (Å²) in [7, 11) is 0. The fourth-order valence-electron chi connectivity index (χ4n) is 1.75. The molecule has 0 bridgehead atoms. The van der Waals surface area contributed by atoms with Crippen LogP contribution in [0.2, 0.25) is 10.0 Å². The molecule has 0 unspecified atom stereocenters. The van der Waals surface area contributed by atoms with E-state index in [0.717, 1.165) is 10.4 Å². The molecule has 0 aliphatic heterocycles. The van der Waals surface area contributed by atoms with Gasteiger partial charge in [-0.1, -0.05) is 34.4 Å². The third kappa shape index (κ3) is 2.65. The third-order valence-corrected chi connectivity index (χ3v) is 4.23. The molecule has 3 rings (SSSR count). The van der Waals surface area contributed by atoms with E-state index in [2.05, 4.69) is 10.1 Å². The number of nitrogens with two attached hydrogens (primary N) is 1. The zero-order chi connectivity index (χ0) is 14.1. The number of aromatic nitrogens is 2. The molecule has 2 heterocycles. The highest BCUT2D eigenvalue weighted by molar-refractivity contribution is 7.14. The quantitative estimate of drug-likeness (QED) is 0.780. The smallest absolute Gasteiger partial charge is 0.270 e. The van der Waals surface area contributed by atoms with Crippen LogP contribution in [0.1, 0.15) is 11.4 Å². The fourth-order valence-corrected chi connectivity index (χ4v) is 2.96. The van der Waals surface area contributed by atoms with Gasteiger partial charge in [-0.25, -0.2) is 0 Å². The molecule has 1 aromatic carbocycles. The first-order valence-corrected chi connectivity index (χ1v) is 7.37. The van der Waals surface area contributed by atoms with Crippen LogP contribution < -0.4 is 5.73 Å². The molecule has 0 aliphatic carbocycles. The first-order chi connectivity index (χ1) is 9.63. The molecule has 0 amide bonds. The Hall–Kier alpha value is -1.56. The summed E-state index contributed by atoms with van der Waals surface area (Å²) in [6, 6.07) is 7.12. The Labute approximate surface area is 129 Å². The second kappa shape index (κ2) is 5.44. The number of hydrogen-bond acceptors (Lipinski definition) is 5. The maximum atomic E-state index is 6.12. The number of hydrogen-bond donors (Lipinski definition) is 1. The maximum Gasteiger partial charge on any atom is 0.270 e. The molecule has 0 radical (unpaired) electrons. The zero-order valence-corrected chi connectivity index (χ0v) is 12.5. The van der Waals surface area contributed by atoms with E-state index in [1.54, 1.807) is 18.2 Å². The summed E-state index contributed by atoms with van der Waals surface area (Å²) in [5.74, 6) is 0.981. The summed E-state index contributed by atoms with van der Waals surface area (Å²) in [6.07, 6.45) is 0.477. The number of nitrogens with zero attached hydrogens (tertiary/aromatic N) is 2. The lowest BCUT2D eigenvalue weighted by Crippen LogP contribution is -1.92. The van der Waals surface area contributed by atoms with E-state index in [9.17, 15) is 0 Å². The van der Waals surface area contributed by atoms with Gasteiger partial charge in [0.25, 0.3) is 5.89 Å². The predicted molar refractivity (Wildman–Crippen MR) is 81.3 cm³/mol. The van der Waals surface area contributed by atoms with E-state index in [-0.39, 0.29) is 0 Å². The summed E-state index contributed by atoms with van der Waals surface area (Å²) in [4.78, 5) is 5.12. The van der Waals surface area contributed by atoms with E-state index in [1.165, 1.54) is 11.3 Å². The van der Waals surface area contributed by atoms with Crippen molar-refractivity contribution in [2.24, 2.45) is 0 Å². The van der Waals surface area contributed by atoms with Gasteiger partial charge in [0.15, 0.2) is 5.82 Å². The molecule has 7 heteroatoms. The van der Waals surface area contributed by atoms with E-state index < -0.39 is 0 Å². The number of benzene rings is 1. The molecule has 4 nitrogen and oxygen atoms in total. The molecule has 0 atom stereocenters. The highest BCUT2D eigenvalue weighted by Crippen LogP contribution is 2.30. The maximum absolute atomic E-state index is 6.12. The fraction of sp³-hybridized carbons (Fsp3) is 0.0769. The van der Waals surface area contributed by atoms with Gasteiger partial charge in [0.1, 0.15) is 4.88 Å².